The zero-order valence-corrected chi connectivity index (χ0v) is 9.49. The summed E-state index contributed by atoms with van der Waals surface area (Å²) in [5.41, 5.74) is 0. The Balaban J connectivity index is 3.67. The Bertz CT molecular complexity index is 169. The minimum Gasteiger partial charge on any atom is -0.480 e. The lowest BCUT2D eigenvalue weighted by Crippen LogP contribution is -2.39. The quantitative estimate of drug-likeness (QED) is 0.629. The number of carbonyl (C=O) groups is 1. The van der Waals surface area contributed by atoms with Crippen molar-refractivity contribution in [1.29, 1.82) is 0 Å². The largest absolute Gasteiger partial charge is 0.480 e. The molecule has 0 aliphatic heterocycles. The molecule has 0 aromatic heterocycles. The molecule has 84 valence electrons. The Morgan fingerprint density at radius 2 is 2.00 bits per heavy atom. The number of hydrogen-bond acceptors (Lipinski definition) is 3. The molecule has 0 spiro atoms. The smallest absolute Gasteiger partial charge is 0.323 e. The maximum absolute atomic E-state index is 10.7. The first-order valence-corrected chi connectivity index (χ1v) is 4.92. The van der Waals surface area contributed by atoms with Crippen molar-refractivity contribution in [1.82, 2.24) is 4.90 Å². The normalized spacial score (nSPS) is 13.6. The van der Waals surface area contributed by atoms with Gasteiger partial charge in [-0.25, -0.2) is 0 Å². The summed E-state index contributed by atoms with van der Waals surface area (Å²) >= 11 is 0. The van der Waals surface area contributed by atoms with Gasteiger partial charge in [0.2, 0.25) is 0 Å². The van der Waals surface area contributed by atoms with Crippen LogP contribution in [0.15, 0.2) is 0 Å². The standard InChI is InChI=1S/C10H21NO3/c1-8(2)5-6-14-7-9(10(12)13)11(3)4/h8-9H,5-7H2,1-4H3,(H,12,13). The zero-order valence-electron chi connectivity index (χ0n) is 9.49. The lowest BCUT2D eigenvalue weighted by atomic mass is 10.1. The first kappa shape index (κ1) is 13.4. The summed E-state index contributed by atoms with van der Waals surface area (Å²) < 4.78 is 5.31. The van der Waals surface area contributed by atoms with E-state index in [1.54, 1.807) is 19.0 Å². The average molecular weight is 203 g/mol. The van der Waals surface area contributed by atoms with Crippen molar-refractivity contribution in [3.8, 4) is 0 Å². The molecule has 14 heavy (non-hydrogen) atoms. The predicted molar refractivity (Wildman–Crippen MR) is 55.4 cm³/mol. The summed E-state index contributed by atoms with van der Waals surface area (Å²) in [7, 11) is 3.48. The van der Waals surface area contributed by atoms with Gasteiger partial charge in [0, 0.05) is 6.61 Å². The fraction of sp³-hybridized carbons (Fsp3) is 0.900. The number of hydrogen-bond donors (Lipinski definition) is 1. The molecule has 1 unspecified atom stereocenters. The van der Waals surface area contributed by atoms with E-state index in [0.29, 0.717) is 12.5 Å². The van der Waals surface area contributed by atoms with Crippen LogP contribution in [0, 0.1) is 5.92 Å². The minimum atomic E-state index is -0.834. The number of nitrogens with zero attached hydrogens (tertiary/aromatic N) is 1. The number of ether oxygens (including phenoxy) is 1. The van der Waals surface area contributed by atoms with Gasteiger partial charge in [0.15, 0.2) is 0 Å². The molecule has 0 saturated carbocycles. The van der Waals surface area contributed by atoms with Crippen LogP contribution in [0.3, 0.4) is 0 Å². The topological polar surface area (TPSA) is 49.8 Å². The van der Waals surface area contributed by atoms with Gasteiger partial charge >= 0.3 is 5.97 Å². The molecule has 0 aromatic carbocycles. The van der Waals surface area contributed by atoms with Gasteiger partial charge in [0.25, 0.3) is 0 Å². The van der Waals surface area contributed by atoms with Crippen molar-refractivity contribution in [2.75, 3.05) is 27.3 Å². The minimum absolute atomic E-state index is 0.259. The van der Waals surface area contributed by atoms with Crippen molar-refractivity contribution in [3.63, 3.8) is 0 Å². The van der Waals surface area contributed by atoms with Crippen LogP contribution in [0.4, 0.5) is 0 Å². The molecular formula is C10H21NO3. The lowest BCUT2D eigenvalue weighted by Gasteiger charge is -2.19. The third-order valence-corrected chi connectivity index (χ3v) is 2.02. The maximum Gasteiger partial charge on any atom is 0.323 e. The summed E-state index contributed by atoms with van der Waals surface area (Å²) in [6, 6.07) is -0.540. The van der Waals surface area contributed by atoms with E-state index < -0.39 is 12.0 Å². The second-order valence-electron chi connectivity index (χ2n) is 4.08. The molecule has 4 heteroatoms. The van der Waals surface area contributed by atoms with Crippen LogP contribution in [-0.2, 0) is 9.53 Å². The molecule has 0 saturated heterocycles. The van der Waals surface area contributed by atoms with E-state index >= 15 is 0 Å². The van der Waals surface area contributed by atoms with E-state index in [0.717, 1.165) is 6.42 Å². The van der Waals surface area contributed by atoms with Crippen molar-refractivity contribution >= 4 is 5.97 Å². The molecule has 0 amide bonds. The van der Waals surface area contributed by atoms with E-state index in [2.05, 4.69) is 13.8 Å². The van der Waals surface area contributed by atoms with E-state index in [-0.39, 0.29) is 6.61 Å². The van der Waals surface area contributed by atoms with Crippen LogP contribution in [0.2, 0.25) is 0 Å². The molecule has 0 aromatic rings. The van der Waals surface area contributed by atoms with Gasteiger partial charge in [0.1, 0.15) is 6.04 Å². The highest BCUT2D eigenvalue weighted by molar-refractivity contribution is 5.73. The maximum atomic E-state index is 10.7. The number of rotatable bonds is 7. The Hall–Kier alpha value is -0.610. The van der Waals surface area contributed by atoms with Crippen LogP contribution in [-0.4, -0.2) is 49.3 Å². The molecule has 0 fully saturated rings. The second-order valence-corrected chi connectivity index (χ2v) is 4.08. The van der Waals surface area contributed by atoms with Gasteiger partial charge in [0.05, 0.1) is 6.61 Å². The van der Waals surface area contributed by atoms with Crippen LogP contribution in [0.25, 0.3) is 0 Å². The Morgan fingerprint density at radius 1 is 1.43 bits per heavy atom. The molecule has 1 atom stereocenters. The summed E-state index contributed by atoms with van der Waals surface area (Å²) in [6.07, 6.45) is 0.972. The van der Waals surface area contributed by atoms with Crippen LogP contribution >= 0.6 is 0 Å². The molecule has 0 bridgehead atoms. The van der Waals surface area contributed by atoms with Gasteiger partial charge in [-0.05, 0) is 26.4 Å². The lowest BCUT2D eigenvalue weighted by molar-refractivity contribution is -0.144. The SMILES string of the molecule is CC(C)CCOCC(C(=O)O)N(C)C. The average Bonchev–Trinajstić information content (AvgIpc) is 2.01. The van der Waals surface area contributed by atoms with Crippen LogP contribution < -0.4 is 0 Å². The Labute approximate surface area is 85.9 Å². The van der Waals surface area contributed by atoms with Crippen molar-refractivity contribution in [2.24, 2.45) is 5.92 Å². The van der Waals surface area contributed by atoms with E-state index in [1.807, 2.05) is 0 Å². The first-order valence-electron chi connectivity index (χ1n) is 4.92. The summed E-state index contributed by atoms with van der Waals surface area (Å²) in [4.78, 5) is 12.4. The third-order valence-electron chi connectivity index (χ3n) is 2.02. The highest BCUT2D eigenvalue weighted by atomic mass is 16.5. The van der Waals surface area contributed by atoms with Crippen molar-refractivity contribution in [2.45, 2.75) is 26.3 Å². The number of aliphatic carboxylic acids is 1. The molecule has 1 N–H and O–H groups in total. The van der Waals surface area contributed by atoms with E-state index in [9.17, 15) is 4.79 Å². The summed E-state index contributed by atoms with van der Waals surface area (Å²) in [6.45, 7) is 5.12. The van der Waals surface area contributed by atoms with Gasteiger partial charge < -0.3 is 9.84 Å². The highest BCUT2D eigenvalue weighted by Gasteiger charge is 2.19. The molecule has 0 aliphatic rings. The van der Waals surface area contributed by atoms with E-state index in [4.69, 9.17) is 9.84 Å². The second kappa shape index (κ2) is 6.79. The number of carboxylic acid groups (broad SMARTS) is 1. The van der Waals surface area contributed by atoms with Crippen molar-refractivity contribution < 1.29 is 14.6 Å². The Morgan fingerprint density at radius 3 is 2.36 bits per heavy atom. The summed E-state index contributed by atoms with van der Waals surface area (Å²) in [5, 5.41) is 8.83. The highest BCUT2D eigenvalue weighted by Crippen LogP contribution is 2.01. The van der Waals surface area contributed by atoms with Gasteiger partial charge in [-0.15, -0.1) is 0 Å². The number of carboxylic acids is 1. The first-order chi connectivity index (χ1) is 6.45. The molecular weight excluding hydrogens is 182 g/mol. The molecule has 0 radical (unpaired) electrons. The third kappa shape index (κ3) is 5.94. The van der Waals surface area contributed by atoms with Crippen LogP contribution in [0.1, 0.15) is 20.3 Å². The van der Waals surface area contributed by atoms with Crippen LogP contribution in [0.5, 0.6) is 0 Å². The number of likely N-dealkylation sites (N-methyl/N-ethyl adjacent to an activating group) is 1. The van der Waals surface area contributed by atoms with Gasteiger partial charge in [-0.2, -0.15) is 0 Å². The fourth-order valence-electron chi connectivity index (χ4n) is 0.955. The van der Waals surface area contributed by atoms with Gasteiger partial charge in [-0.3, -0.25) is 9.69 Å². The van der Waals surface area contributed by atoms with Gasteiger partial charge in [-0.1, -0.05) is 13.8 Å². The molecule has 0 aliphatic carbocycles. The van der Waals surface area contributed by atoms with E-state index in [1.165, 1.54) is 0 Å². The zero-order chi connectivity index (χ0) is 11.1. The molecule has 4 nitrogen and oxygen atoms in total. The predicted octanol–water partition coefficient (Wildman–Crippen LogP) is 1.06. The monoisotopic (exact) mass is 203 g/mol. The molecule has 0 heterocycles. The fourth-order valence-corrected chi connectivity index (χ4v) is 0.955. The van der Waals surface area contributed by atoms with Crippen molar-refractivity contribution in [3.05, 3.63) is 0 Å². The summed E-state index contributed by atoms with van der Waals surface area (Å²) in [5.74, 6) is -0.239. The molecule has 0 rings (SSSR count). The Kier molecular flexibility index (Phi) is 6.49.